The molecule has 0 aliphatic heterocycles. The zero-order valence-electron chi connectivity index (χ0n) is 13.4. The molecular weight excluding hydrogens is 318 g/mol. The van der Waals surface area contributed by atoms with Crippen LogP contribution >= 0.6 is 0 Å². The number of alkyl halides is 2. The zero-order chi connectivity index (χ0) is 17.5. The summed E-state index contributed by atoms with van der Waals surface area (Å²) in [6.45, 7) is -0.656. The molecule has 0 aliphatic carbocycles. The summed E-state index contributed by atoms with van der Waals surface area (Å²) >= 11 is 0. The van der Waals surface area contributed by atoms with Crippen LogP contribution in [0.1, 0.15) is 21.5 Å². The van der Waals surface area contributed by atoms with Gasteiger partial charge in [0.25, 0.3) is 5.91 Å². The van der Waals surface area contributed by atoms with E-state index in [4.69, 9.17) is 4.74 Å². The number of rotatable bonds is 7. The molecule has 1 N–H and O–H groups in total. The number of methoxy groups -OCH3 is 1. The molecule has 24 heavy (non-hydrogen) atoms. The molecule has 2 aromatic rings. The standard InChI is InChI=1S/C17H18F2N2O3/c1-11-7-13(10-20-9-11)16(22)21-6-5-12-3-4-14(24-17(18)19)15(8-12)23-2/h3-4,7-10,17H,5-6H2,1-2H3,(H,21,22). The van der Waals surface area contributed by atoms with Crippen molar-refractivity contribution in [1.82, 2.24) is 10.3 Å². The summed E-state index contributed by atoms with van der Waals surface area (Å²) in [6.07, 6.45) is 3.70. The number of aromatic nitrogens is 1. The first-order valence-electron chi connectivity index (χ1n) is 7.31. The lowest BCUT2D eigenvalue weighted by molar-refractivity contribution is -0.0512. The highest BCUT2D eigenvalue weighted by molar-refractivity contribution is 5.93. The number of carbonyl (C=O) groups excluding carboxylic acids is 1. The topological polar surface area (TPSA) is 60.5 Å². The lowest BCUT2D eigenvalue weighted by Crippen LogP contribution is -2.25. The van der Waals surface area contributed by atoms with Gasteiger partial charge in [0.2, 0.25) is 0 Å². The summed E-state index contributed by atoms with van der Waals surface area (Å²) < 4.78 is 34.0. The number of halogens is 2. The van der Waals surface area contributed by atoms with Gasteiger partial charge in [-0.25, -0.2) is 0 Å². The van der Waals surface area contributed by atoms with Crippen LogP contribution in [0, 0.1) is 6.92 Å². The fraction of sp³-hybridized carbons (Fsp3) is 0.294. The van der Waals surface area contributed by atoms with E-state index in [1.54, 1.807) is 24.4 Å². The van der Waals surface area contributed by atoms with Crippen molar-refractivity contribution < 1.29 is 23.0 Å². The third-order valence-electron chi connectivity index (χ3n) is 3.28. The number of pyridine rings is 1. The monoisotopic (exact) mass is 336 g/mol. The minimum atomic E-state index is -2.91. The minimum Gasteiger partial charge on any atom is -0.493 e. The molecular formula is C17H18F2N2O3. The third kappa shape index (κ3) is 4.91. The van der Waals surface area contributed by atoms with Gasteiger partial charge in [-0.2, -0.15) is 8.78 Å². The number of carbonyl (C=O) groups is 1. The first-order chi connectivity index (χ1) is 11.5. The molecule has 0 bridgehead atoms. The number of hydrogen-bond donors (Lipinski definition) is 1. The quantitative estimate of drug-likeness (QED) is 0.844. The molecule has 1 aromatic heterocycles. The van der Waals surface area contributed by atoms with Gasteiger partial charge in [0.1, 0.15) is 0 Å². The van der Waals surface area contributed by atoms with E-state index < -0.39 is 6.61 Å². The molecule has 0 aliphatic rings. The predicted octanol–water partition coefficient (Wildman–Crippen LogP) is 2.97. The maximum atomic E-state index is 12.3. The van der Waals surface area contributed by atoms with Crippen molar-refractivity contribution in [3.8, 4) is 11.5 Å². The molecule has 0 unspecified atom stereocenters. The molecule has 0 spiro atoms. The van der Waals surface area contributed by atoms with E-state index in [2.05, 4.69) is 15.0 Å². The highest BCUT2D eigenvalue weighted by atomic mass is 19.3. The van der Waals surface area contributed by atoms with Gasteiger partial charge in [0.15, 0.2) is 11.5 Å². The van der Waals surface area contributed by atoms with E-state index in [1.807, 2.05) is 6.92 Å². The molecule has 1 heterocycles. The smallest absolute Gasteiger partial charge is 0.387 e. The second-order valence-electron chi connectivity index (χ2n) is 5.12. The van der Waals surface area contributed by atoms with E-state index in [0.29, 0.717) is 18.5 Å². The maximum absolute atomic E-state index is 12.3. The van der Waals surface area contributed by atoms with Crippen LogP contribution in [0.4, 0.5) is 8.78 Å². The zero-order valence-corrected chi connectivity index (χ0v) is 13.4. The fourth-order valence-corrected chi connectivity index (χ4v) is 2.16. The van der Waals surface area contributed by atoms with Gasteiger partial charge in [-0.1, -0.05) is 6.07 Å². The average molecular weight is 336 g/mol. The summed E-state index contributed by atoms with van der Waals surface area (Å²) in [6, 6.07) is 6.44. The van der Waals surface area contributed by atoms with Crippen molar-refractivity contribution in [3.05, 3.63) is 53.3 Å². The molecule has 0 radical (unpaired) electrons. The Hall–Kier alpha value is -2.70. The van der Waals surface area contributed by atoms with Crippen molar-refractivity contribution >= 4 is 5.91 Å². The Morgan fingerprint density at radius 1 is 1.25 bits per heavy atom. The number of aryl methyl sites for hydroxylation is 1. The van der Waals surface area contributed by atoms with Crippen LogP contribution in [0.2, 0.25) is 0 Å². The minimum absolute atomic E-state index is 0.0221. The Balaban J connectivity index is 1.93. The molecule has 1 aromatic carbocycles. The number of nitrogens with zero attached hydrogens (tertiary/aromatic N) is 1. The molecule has 0 saturated carbocycles. The van der Waals surface area contributed by atoms with Gasteiger partial charge in [-0.3, -0.25) is 9.78 Å². The van der Waals surface area contributed by atoms with Crippen LogP contribution in [-0.4, -0.2) is 31.2 Å². The SMILES string of the molecule is COc1cc(CCNC(=O)c2cncc(C)c2)ccc1OC(F)F. The Bertz CT molecular complexity index is 708. The normalized spacial score (nSPS) is 10.5. The van der Waals surface area contributed by atoms with Crippen molar-refractivity contribution in [3.63, 3.8) is 0 Å². The number of benzene rings is 1. The van der Waals surface area contributed by atoms with E-state index in [9.17, 15) is 13.6 Å². The molecule has 128 valence electrons. The Labute approximate surface area is 138 Å². The highest BCUT2D eigenvalue weighted by Crippen LogP contribution is 2.29. The van der Waals surface area contributed by atoms with Crippen LogP contribution in [0.15, 0.2) is 36.7 Å². The summed E-state index contributed by atoms with van der Waals surface area (Å²) in [7, 11) is 1.38. The molecule has 2 rings (SSSR count). The molecule has 0 fully saturated rings. The second-order valence-corrected chi connectivity index (χ2v) is 5.12. The Morgan fingerprint density at radius 3 is 2.71 bits per heavy atom. The second kappa shape index (κ2) is 8.24. The van der Waals surface area contributed by atoms with Gasteiger partial charge in [-0.05, 0) is 42.7 Å². The third-order valence-corrected chi connectivity index (χ3v) is 3.28. The highest BCUT2D eigenvalue weighted by Gasteiger charge is 2.11. The molecule has 5 nitrogen and oxygen atoms in total. The van der Waals surface area contributed by atoms with E-state index in [-0.39, 0.29) is 17.4 Å². The lowest BCUT2D eigenvalue weighted by atomic mass is 10.1. The number of ether oxygens (including phenoxy) is 2. The first kappa shape index (κ1) is 17.7. The van der Waals surface area contributed by atoms with Crippen LogP contribution < -0.4 is 14.8 Å². The predicted molar refractivity (Wildman–Crippen MR) is 84.6 cm³/mol. The largest absolute Gasteiger partial charge is 0.493 e. The molecule has 1 amide bonds. The van der Waals surface area contributed by atoms with Crippen molar-refractivity contribution in [2.24, 2.45) is 0 Å². The van der Waals surface area contributed by atoms with Crippen molar-refractivity contribution in [1.29, 1.82) is 0 Å². The van der Waals surface area contributed by atoms with Gasteiger partial charge in [-0.15, -0.1) is 0 Å². The maximum Gasteiger partial charge on any atom is 0.387 e. The van der Waals surface area contributed by atoms with Crippen molar-refractivity contribution in [2.45, 2.75) is 20.0 Å². The van der Waals surface area contributed by atoms with Crippen LogP contribution in [0.25, 0.3) is 0 Å². The summed E-state index contributed by atoms with van der Waals surface area (Å²) in [5.74, 6) is -0.0102. The molecule has 7 heteroatoms. The summed E-state index contributed by atoms with van der Waals surface area (Å²) in [4.78, 5) is 16.0. The van der Waals surface area contributed by atoms with Gasteiger partial charge in [0.05, 0.1) is 12.7 Å². The van der Waals surface area contributed by atoms with Crippen molar-refractivity contribution in [2.75, 3.05) is 13.7 Å². The van der Waals surface area contributed by atoms with Gasteiger partial charge < -0.3 is 14.8 Å². The number of hydrogen-bond acceptors (Lipinski definition) is 4. The summed E-state index contributed by atoms with van der Waals surface area (Å²) in [5.41, 5.74) is 2.23. The Morgan fingerprint density at radius 2 is 2.04 bits per heavy atom. The lowest BCUT2D eigenvalue weighted by Gasteiger charge is -2.11. The van der Waals surface area contributed by atoms with Crippen LogP contribution in [-0.2, 0) is 6.42 Å². The van der Waals surface area contributed by atoms with Crippen LogP contribution in [0.3, 0.4) is 0 Å². The van der Waals surface area contributed by atoms with E-state index in [0.717, 1.165) is 11.1 Å². The average Bonchev–Trinajstić information content (AvgIpc) is 2.55. The molecule has 0 atom stereocenters. The number of amides is 1. The Kier molecular flexibility index (Phi) is 6.06. The van der Waals surface area contributed by atoms with Crippen LogP contribution in [0.5, 0.6) is 11.5 Å². The fourth-order valence-electron chi connectivity index (χ4n) is 2.16. The van der Waals surface area contributed by atoms with E-state index >= 15 is 0 Å². The number of nitrogens with one attached hydrogen (secondary N) is 1. The van der Waals surface area contributed by atoms with Gasteiger partial charge in [0, 0.05) is 18.9 Å². The van der Waals surface area contributed by atoms with E-state index in [1.165, 1.54) is 19.4 Å². The van der Waals surface area contributed by atoms with Gasteiger partial charge >= 0.3 is 6.61 Å². The first-order valence-corrected chi connectivity index (χ1v) is 7.31. The summed E-state index contributed by atoms with van der Waals surface area (Å²) in [5, 5.41) is 2.79. The molecule has 0 saturated heterocycles.